The predicted molar refractivity (Wildman–Crippen MR) is 116 cm³/mol. The van der Waals surface area contributed by atoms with E-state index in [1.54, 1.807) is 17.0 Å². The van der Waals surface area contributed by atoms with Crippen LogP contribution in [0.15, 0.2) is 59.0 Å². The van der Waals surface area contributed by atoms with Crippen LogP contribution in [-0.4, -0.2) is 34.9 Å². The minimum absolute atomic E-state index is 0.107. The smallest absolute Gasteiger partial charge is 0.290 e. The molecular formula is C23H21ClN2O5. The van der Waals surface area contributed by atoms with Crippen LogP contribution in [0.5, 0.6) is 0 Å². The molecule has 0 bridgehead atoms. The van der Waals surface area contributed by atoms with E-state index in [2.05, 4.69) is 0 Å². The van der Waals surface area contributed by atoms with E-state index in [1.165, 1.54) is 18.2 Å². The molecule has 7 nitrogen and oxygen atoms in total. The zero-order valence-electron chi connectivity index (χ0n) is 17.1. The molecule has 1 aromatic heterocycles. The van der Waals surface area contributed by atoms with Crippen molar-refractivity contribution in [3.8, 4) is 11.3 Å². The molecule has 31 heavy (non-hydrogen) atoms. The van der Waals surface area contributed by atoms with Crippen LogP contribution in [0.4, 0.5) is 5.69 Å². The first kappa shape index (κ1) is 21.1. The predicted octanol–water partition coefficient (Wildman–Crippen LogP) is 5.42. The van der Waals surface area contributed by atoms with Crippen LogP contribution in [-0.2, 0) is 4.74 Å². The molecule has 0 N–H and O–H groups in total. The summed E-state index contributed by atoms with van der Waals surface area (Å²) in [5.74, 6) is 0.319. The van der Waals surface area contributed by atoms with E-state index in [1.807, 2.05) is 38.1 Å². The summed E-state index contributed by atoms with van der Waals surface area (Å²) in [6.07, 6.45) is -0.208. The van der Waals surface area contributed by atoms with E-state index in [0.29, 0.717) is 24.5 Å². The van der Waals surface area contributed by atoms with Crippen LogP contribution in [0.25, 0.3) is 11.3 Å². The average molecular weight is 441 g/mol. The number of aryl methyl sites for hydroxylation is 1. The number of ether oxygens (including phenoxy) is 1. The average Bonchev–Trinajstić information content (AvgIpc) is 3.24. The summed E-state index contributed by atoms with van der Waals surface area (Å²) < 4.78 is 11.8. The van der Waals surface area contributed by atoms with Gasteiger partial charge in [-0.1, -0.05) is 35.9 Å². The second-order valence-electron chi connectivity index (χ2n) is 7.57. The maximum atomic E-state index is 13.2. The Labute approximate surface area is 184 Å². The van der Waals surface area contributed by atoms with E-state index in [0.717, 1.165) is 11.1 Å². The minimum atomic E-state index is -0.516. The molecule has 2 aromatic carbocycles. The lowest BCUT2D eigenvalue weighted by atomic mass is 10.0. The van der Waals surface area contributed by atoms with Crippen LogP contribution in [0, 0.1) is 17.0 Å². The van der Waals surface area contributed by atoms with Crippen molar-refractivity contribution in [1.29, 1.82) is 0 Å². The molecule has 0 radical (unpaired) electrons. The number of rotatable bonds is 4. The van der Waals surface area contributed by atoms with Gasteiger partial charge in [-0.05, 0) is 43.2 Å². The highest BCUT2D eigenvalue weighted by atomic mass is 35.5. The van der Waals surface area contributed by atoms with Crippen molar-refractivity contribution in [1.82, 2.24) is 4.90 Å². The molecule has 1 amide bonds. The Morgan fingerprint density at radius 3 is 2.68 bits per heavy atom. The van der Waals surface area contributed by atoms with Crippen LogP contribution >= 0.6 is 11.6 Å². The van der Waals surface area contributed by atoms with Crippen LogP contribution in [0.1, 0.15) is 34.7 Å². The van der Waals surface area contributed by atoms with Gasteiger partial charge in [-0.25, -0.2) is 0 Å². The first-order valence-corrected chi connectivity index (χ1v) is 10.2. The van der Waals surface area contributed by atoms with Crippen LogP contribution in [0.2, 0.25) is 5.02 Å². The van der Waals surface area contributed by atoms with Crippen molar-refractivity contribution in [2.24, 2.45) is 0 Å². The summed E-state index contributed by atoms with van der Waals surface area (Å²) in [7, 11) is 0. The van der Waals surface area contributed by atoms with Gasteiger partial charge in [-0.3, -0.25) is 14.9 Å². The first-order chi connectivity index (χ1) is 14.8. The van der Waals surface area contributed by atoms with Gasteiger partial charge >= 0.3 is 0 Å². The summed E-state index contributed by atoms with van der Waals surface area (Å²) in [6.45, 7) is 4.80. The number of benzene rings is 2. The molecule has 3 aromatic rings. The van der Waals surface area contributed by atoms with E-state index in [9.17, 15) is 14.9 Å². The molecule has 4 rings (SSSR count). The standard InChI is InChI=1S/C23H21ClN2O5/c1-14-5-3-4-6-17(14)22-12-25(15(2)13-30-22)23(27)21-10-9-20(31-21)18-8-7-16(26(28)29)11-19(18)24/h3-11,15,22H,12-13H2,1-2H3/t15-,22-/m1/s1. The molecule has 160 valence electrons. The van der Waals surface area contributed by atoms with Crippen LogP contribution in [0.3, 0.4) is 0 Å². The van der Waals surface area contributed by atoms with Gasteiger partial charge in [-0.2, -0.15) is 0 Å². The Bertz CT molecular complexity index is 1140. The van der Waals surface area contributed by atoms with Gasteiger partial charge < -0.3 is 14.1 Å². The fourth-order valence-corrected chi connectivity index (χ4v) is 4.00. The second-order valence-corrected chi connectivity index (χ2v) is 7.98. The Kier molecular flexibility index (Phi) is 5.80. The van der Waals surface area contributed by atoms with Gasteiger partial charge in [0.1, 0.15) is 11.9 Å². The molecule has 2 atom stereocenters. The monoisotopic (exact) mass is 440 g/mol. The number of halogens is 1. The lowest BCUT2D eigenvalue weighted by Crippen LogP contribution is -2.48. The van der Waals surface area contributed by atoms with Gasteiger partial charge in [-0.15, -0.1) is 0 Å². The molecule has 0 saturated carbocycles. The fraction of sp³-hybridized carbons (Fsp3) is 0.261. The number of furan rings is 1. The van der Waals surface area contributed by atoms with E-state index in [4.69, 9.17) is 20.8 Å². The number of hydrogen-bond donors (Lipinski definition) is 0. The van der Waals surface area contributed by atoms with Crippen molar-refractivity contribution in [2.75, 3.05) is 13.2 Å². The highest BCUT2D eigenvalue weighted by Crippen LogP contribution is 2.33. The second kappa shape index (κ2) is 8.53. The van der Waals surface area contributed by atoms with Crippen molar-refractivity contribution >= 4 is 23.2 Å². The van der Waals surface area contributed by atoms with Crippen molar-refractivity contribution in [2.45, 2.75) is 26.0 Å². The van der Waals surface area contributed by atoms with E-state index < -0.39 is 4.92 Å². The Hall–Kier alpha value is -3.16. The quantitative estimate of drug-likeness (QED) is 0.399. The Balaban J connectivity index is 1.56. The number of morpholine rings is 1. The number of carbonyl (C=O) groups excluding carboxylic acids is 1. The third kappa shape index (κ3) is 4.19. The Morgan fingerprint density at radius 2 is 1.97 bits per heavy atom. The number of carbonyl (C=O) groups is 1. The minimum Gasteiger partial charge on any atom is -0.451 e. The molecule has 8 heteroatoms. The zero-order valence-corrected chi connectivity index (χ0v) is 17.8. The third-order valence-electron chi connectivity index (χ3n) is 5.48. The summed E-state index contributed by atoms with van der Waals surface area (Å²) in [5, 5.41) is 11.1. The number of amides is 1. The lowest BCUT2D eigenvalue weighted by molar-refractivity contribution is -0.384. The van der Waals surface area contributed by atoms with Crippen LogP contribution < -0.4 is 0 Å². The SMILES string of the molecule is Cc1ccccc1[C@H]1CN(C(=O)c2ccc(-c3ccc([N+](=O)[O-])cc3Cl)o2)[C@H](C)CO1. The highest BCUT2D eigenvalue weighted by molar-refractivity contribution is 6.33. The summed E-state index contributed by atoms with van der Waals surface area (Å²) in [6, 6.07) is 15.2. The highest BCUT2D eigenvalue weighted by Gasteiger charge is 2.33. The van der Waals surface area contributed by atoms with Crippen molar-refractivity contribution < 1.29 is 18.9 Å². The van der Waals surface area contributed by atoms with Gasteiger partial charge in [0, 0.05) is 17.7 Å². The van der Waals surface area contributed by atoms with Crippen molar-refractivity contribution in [3.63, 3.8) is 0 Å². The molecule has 2 heterocycles. The van der Waals surface area contributed by atoms with Gasteiger partial charge in [0.05, 0.1) is 29.1 Å². The number of nitrogens with zero attached hydrogens (tertiary/aromatic N) is 2. The first-order valence-electron chi connectivity index (χ1n) is 9.87. The molecule has 0 spiro atoms. The number of hydrogen-bond acceptors (Lipinski definition) is 5. The normalized spacial score (nSPS) is 18.7. The summed E-state index contributed by atoms with van der Waals surface area (Å²) >= 11 is 6.19. The maximum absolute atomic E-state index is 13.2. The maximum Gasteiger partial charge on any atom is 0.290 e. The summed E-state index contributed by atoms with van der Waals surface area (Å²) in [5.41, 5.74) is 2.55. The molecule has 0 aliphatic carbocycles. The van der Waals surface area contributed by atoms with E-state index >= 15 is 0 Å². The fourth-order valence-electron chi connectivity index (χ4n) is 3.73. The molecule has 1 saturated heterocycles. The lowest BCUT2D eigenvalue weighted by Gasteiger charge is -2.38. The molecule has 0 unspecified atom stereocenters. The topological polar surface area (TPSA) is 85.8 Å². The Morgan fingerprint density at radius 1 is 1.19 bits per heavy atom. The summed E-state index contributed by atoms with van der Waals surface area (Å²) in [4.78, 5) is 25.3. The largest absolute Gasteiger partial charge is 0.451 e. The van der Waals surface area contributed by atoms with Crippen molar-refractivity contribution in [3.05, 3.63) is 86.6 Å². The number of non-ortho nitro benzene ring substituents is 1. The number of nitro groups is 1. The zero-order chi connectivity index (χ0) is 22.1. The molecule has 1 aliphatic rings. The van der Waals surface area contributed by atoms with Gasteiger partial charge in [0.2, 0.25) is 0 Å². The number of nitro benzene ring substituents is 1. The van der Waals surface area contributed by atoms with Gasteiger partial charge in [0.15, 0.2) is 5.76 Å². The molecule has 1 fully saturated rings. The molecular weight excluding hydrogens is 420 g/mol. The van der Waals surface area contributed by atoms with Gasteiger partial charge in [0.25, 0.3) is 11.6 Å². The van der Waals surface area contributed by atoms with E-state index in [-0.39, 0.29) is 34.5 Å². The third-order valence-corrected chi connectivity index (χ3v) is 5.79. The molecule has 1 aliphatic heterocycles.